The summed E-state index contributed by atoms with van der Waals surface area (Å²) in [6.07, 6.45) is 2.19. The number of nitrogens with zero attached hydrogens (tertiary/aromatic N) is 2. The first-order valence-electron chi connectivity index (χ1n) is 7.41. The van der Waals surface area contributed by atoms with Gasteiger partial charge in [0.2, 0.25) is 5.91 Å². The highest BCUT2D eigenvalue weighted by Gasteiger charge is 2.32. The van der Waals surface area contributed by atoms with E-state index in [4.69, 9.17) is 0 Å². The molecule has 0 N–H and O–H groups in total. The molecule has 1 aromatic rings. The van der Waals surface area contributed by atoms with Crippen LogP contribution in [0.1, 0.15) is 41.8 Å². The molecule has 0 radical (unpaired) electrons. The van der Waals surface area contributed by atoms with E-state index >= 15 is 0 Å². The molecule has 2 aliphatic heterocycles. The van der Waals surface area contributed by atoms with Crippen molar-refractivity contribution in [2.45, 2.75) is 33.1 Å². The van der Waals surface area contributed by atoms with Crippen LogP contribution in [0.4, 0.5) is 5.69 Å². The molecule has 4 nitrogen and oxygen atoms in total. The summed E-state index contributed by atoms with van der Waals surface area (Å²) in [5.74, 6) is 0.323. The number of hydrogen-bond acceptors (Lipinski definition) is 2. The smallest absolute Gasteiger partial charge is 0.253 e. The van der Waals surface area contributed by atoms with Crippen LogP contribution in [0.5, 0.6) is 0 Å². The molecule has 0 atom stereocenters. The first-order valence-corrected chi connectivity index (χ1v) is 7.41. The molecule has 4 heteroatoms. The highest BCUT2D eigenvalue weighted by molar-refractivity contribution is 6.01. The molecule has 20 heavy (non-hydrogen) atoms. The number of carbonyl (C=O) groups is 2. The molecule has 3 rings (SSSR count). The lowest BCUT2D eigenvalue weighted by atomic mass is 9.96. The van der Waals surface area contributed by atoms with Crippen LogP contribution < -0.4 is 4.90 Å². The molecule has 0 saturated heterocycles. The minimum absolute atomic E-state index is 0.101. The largest absolute Gasteiger partial charge is 0.339 e. The van der Waals surface area contributed by atoms with E-state index in [9.17, 15) is 9.59 Å². The Morgan fingerprint density at radius 2 is 1.80 bits per heavy atom. The van der Waals surface area contributed by atoms with Crippen LogP contribution in [-0.4, -0.2) is 36.3 Å². The van der Waals surface area contributed by atoms with Crippen LogP contribution in [0.2, 0.25) is 0 Å². The molecule has 0 aliphatic carbocycles. The van der Waals surface area contributed by atoms with Crippen LogP contribution in [0.3, 0.4) is 0 Å². The average molecular weight is 272 g/mol. The van der Waals surface area contributed by atoms with Gasteiger partial charge in [-0.2, -0.15) is 0 Å². The summed E-state index contributed by atoms with van der Waals surface area (Å²) in [4.78, 5) is 28.1. The van der Waals surface area contributed by atoms with Gasteiger partial charge in [-0.3, -0.25) is 9.59 Å². The topological polar surface area (TPSA) is 40.6 Å². The maximum atomic E-state index is 12.5. The summed E-state index contributed by atoms with van der Waals surface area (Å²) in [5.41, 5.74) is 4.18. The van der Waals surface area contributed by atoms with Gasteiger partial charge in [0.25, 0.3) is 5.91 Å². The summed E-state index contributed by atoms with van der Waals surface area (Å²) in [7, 11) is 0. The van der Waals surface area contributed by atoms with E-state index < -0.39 is 0 Å². The average Bonchev–Trinajstić information content (AvgIpc) is 2.89. The molecule has 0 bridgehead atoms. The van der Waals surface area contributed by atoms with Gasteiger partial charge >= 0.3 is 0 Å². The molecule has 1 aromatic carbocycles. The Morgan fingerprint density at radius 3 is 2.45 bits per heavy atom. The quantitative estimate of drug-likeness (QED) is 0.844. The molecule has 0 fully saturated rings. The predicted octanol–water partition coefficient (Wildman–Crippen LogP) is 2.00. The van der Waals surface area contributed by atoms with Crippen molar-refractivity contribution >= 4 is 17.5 Å². The van der Waals surface area contributed by atoms with Gasteiger partial charge in [-0.1, -0.05) is 0 Å². The van der Waals surface area contributed by atoms with Gasteiger partial charge in [-0.05, 0) is 49.9 Å². The lowest BCUT2D eigenvalue weighted by Crippen LogP contribution is -2.33. The number of aryl methyl sites for hydroxylation is 1. The van der Waals surface area contributed by atoms with Gasteiger partial charge in [-0.25, -0.2) is 0 Å². The van der Waals surface area contributed by atoms with Crippen molar-refractivity contribution in [3.05, 3.63) is 28.8 Å². The third kappa shape index (κ3) is 1.90. The fourth-order valence-corrected chi connectivity index (χ4v) is 3.27. The van der Waals surface area contributed by atoms with Crippen LogP contribution in [-0.2, 0) is 17.6 Å². The summed E-state index contributed by atoms with van der Waals surface area (Å²) >= 11 is 0. The molecule has 0 saturated carbocycles. The molecule has 2 aliphatic rings. The van der Waals surface area contributed by atoms with E-state index in [1.54, 1.807) is 0 Å². The zero-order chi connectivity index (χ0) is 14.3. The SMILES string of the molecule is CCN(CC)C(=O)c1cc2c3c(c1)CCN3C(=O)CC2. The molecule has 0 unspecified atom stereocenters. The zero-order valence-electron chi connectivity index (χ0n) is 12.1. The summed E-state index contributed by atoms with van der Waals surface area (Å²) in [6.45, 7) is 6.22. The fraction of sp³-hybridized carbons (Fsp3) is 0.500. The molecular weight excluding hydrogens is 252 g/mol. The first kappa shape index (κ1) is 13.2. The summed E-state index contributed by atoms with van der Waals surface area (Å²) < 4.78 is 0. The minimum Gasteiger partial charge on any atom is -0.339 e. The highest BCUT2D eigenvalue weighted by Crippen LogP contribution is 2.37. The maximum Gasteiger partial charge on any atom is 0.253 e. The van der Waals surface area contributed by atoms with Gasteiger partial charge in [0.15, 0.2) is 0 Å². The van der Waals surface area contributed by atoms with E-state index in [0.717, 1.165) is 54.9 Å². The number of anilines is 1. The van der Waals surface area contributed by atoms with Gasteiger partial charge in [0.1, 0.15) is 0 Å². The first-order chi connectivity index (χ1) is 9.65. The second-order valence-corrected chi connectivity index (χ2v) is 5.42. The monoisotopic (exact) mass is 272 g/mol. The van der Waals surface area contributed by atoms with Crippen molar-refractivity contribution in [3.63, 3.8) is 0 Å². The number of hydrogen-bond donors (Lipinski definition) is 0. The van der Waals surface area contributed by atoms with Crippen LogP contribution in [0.25, 0.3) is 0 Å². The Balaban J connectivity index is 2.01. The Kier molecular flexibility index (Phi) is 3.24. The van der Waals surface area contributed by atoms with Gasteiger partial charge in [-0.15, -0.1) is 0 Å². The van der Waals surface area contributed by atoms with Gasteiger partial charge < -0.3 is 9.80 Å². The summed E-state index contributed by atoms with van der Waals surface area (Å²) in [5, 5.41) is 0. The Morgan fingerprint density at radius 1 is 1.15 bits per heavy atom. The van der Waals surface area contributed by atoms with Crippen molar-refractivity contribution in [2.24, 2.45) is 0 Å². The third-order valence-corrected chi connectivity index (χ3v) is 4.35. The van der Waals surface area contributed by atoms with E-state index in [1.807, 2.05) is 35.8 Å². The van der Waals surface area contributed by atoms with Crippen LogP contribution >= 0.6 is 0 Å². The highest BCUT2D eigenvalue weighted by atomic mass is 16.2. The maximum absolute atomic E-state index is 12.5. The fourth-order valence-electron chi connectivity index (χ4n) is 3.27. The number of amides is 2. The van der Waals surface area contributed by atoms with Crippen LogP contribution in [0.15, 0.2) is 12.1 Å². The van der Waals surface area contributed by atoms with Crippen molar-refractivity contribution < 1.29 is 9.59 Å². The predicted molar refractivity (Wildman–Crippen MR) is 78.1 cm³/mol. The lowest BCUT2D eigenvalue weighted by Gasteiger charge is -2.26. The second-order valence-electron chi connectivity index (χ2n) is 5.42. The van der Waals surface area contributed by atoms with Crippen molar-refractivity contribution in [3.8, 4) is 0 Å². The molecular formula is C16H20N2O2. The molecule has 106 valence electrons. The van der Waals surface area contributed by atoms with Gasteiger partial charge in [0.05, 0.1) is 5.69 Å². The standard InChI is InChI=1S/C16H20N2O2/c1-3-17(4-2)16(20)13-9-11-5-6-14(19)18-8-7-12(10-13)15(11)18/h9-10H,3-8H2,1-2H3. The number of carbonyl (C=O) groups excluding carboxylic acids is 2. The summed E-state index contributed by atoms with van der Waals surface area (Å²) in [6, 6.07) is 3.97. The molecule has 2 heterocycles. The normalized spacial score (nSPS) is 16.3. The van der Waals surface area contributed by atoms with E-state index in [2.05, 4.69) is 0 Å². The van der Waals surface area contributed by atoms with Crippen molar-refractivity contribution in [1.82, 2.24) is 4.90 Å². The van der Waals surface area contributed by atoms with Crippen molar-refractivity contribution in [1.29, 1.82) is 0 Å². The molecule has 0 aromatic heterocycles. The molecule has 0 spiro atoms. The van der Waals surface area contributed by atoms with E-state index in [1.165, 1.54) is 0 Å². The Bertz CT molecular complexity index is 576. The minimum atomic E-state index is 0.101. The Hall–Kier alpha value is -1.84. The number of rotatable bonds is 3. The van der Waals surface area contributed by atoms with Crippen LogP contribution in [0, 0.1) is 0 Å². The third-order valence-electron chi connectivity index (χ3n) is 4.35. The number of benzene rings is 1. The van der Waals surface area contributed by atoms with Gasteiger partial charge in [0, 0.05) is 31.6 Å². The Labute approximate surface area is 119 Å². The second kappa shape index (κ2) is 4.93. The zero-order valence-corrected chi connectivity index (χ0v) is 12.1. The molecule has 2 amide bonds. The van der Waals surface area contributed by atoms with E-state index in [-0.39, 0.29) is 11.8 Å². The van der Waals surface area contributed by atoms with E-state index in [0.29, 0.717) is 6.42 Å². The lowest BCUT2D eigenvalue weighted by molar-refractivity contribution is -0.118. The van der Waals surface area contributed by atoms with Crippen molar-refractivity contribution in [2.75, 3.05) is 24.5 Å².